The van der Waals surface area contributed by atoms with Crippen LogP contribution in [0.15, 0.2) is 36.4 Å². The lowest BCUT2D eigenvalue weighted by Gasteiger charge is -2.14. The molecule has 0 aromatic heterocycles. The minimum absolute atomic E-state index is 0.00644. The van der Waals surface area contributed by atoms with E-state index in [1.54, 1.807) is 13.2 Å². The summed E-state index contributed by atoms with van der Waals surface area (Å²) in [5.41, 5.74) is 1.18. The SMILES string of the molecule is COc1cccc(CBr)c1OCc1ccc(F)cc1F. The molecule has 5 heteroatoms. The number of alkyl halides is 1. The number of hydrogen-bond donors (Lipinski definition) is 0. The minimum atomic E-state index is -0.625. The highest BCUT2D eigenvalue weighted by molar-refractivity contribution is 9.08. The molecule has 20 heavy (non-hydrogen) atoms. The lowest BCUT2D eigenvalue weighted by atomic mass is 10.2. The first-order chi connectivity index (χ1) is 9.65. The topological polar surface area (TPSA) is 18.5 Å². The predicted molar refractivity (Wildman–Crippen MR) is 76.3 cm³/mol. The molecule has 0 radical (unpaired) electrons. The van der Waals surface area contributed by atoms with Crippen LogP contribution in [0.4, 0.5) is 8.78 Å². The van der Waals surface area contributed by atoms with Crippen LogP contribution in [-0.2, 0) is 11.9 Å². The largest absolute Gasteiger partial charge is 0.493 e. The standard InChI is InChI=1S/C15H13BrF2O2/c1-19-14-4-2-3-10(8-16)15(14)20-9-11-5-6-12(17)7-13(11)18/h2-7H,8-9H2,1H3. The highest BCUT2D eigenvalue weighted by Crippen LogP contribution is 2.33. The van der Waals surface area contributed by atoms with Gasteiger partial charge in [-0.15, -0.1) is 0 Å². The Morgan fingerprint density at radius 1 is 1.10 bits per heavy atom. The first-order valence-electron chi connectivity index (χ1n) is 5.94. The van der Waals surface area contributed by atoms with E-state index in [-0.39, 0.29) is 12.2 Å². The molecule has 0 heterocycles. The summed E-state index contributed by atoms with van der Waals surface area (Å²) in [6, 6.07) is 8.91. The van der Waals surface area contributed by atoms with Gasteiger partial charge in [-0.25, -0.2) is 8.78 Å². The van der Waals surface area contributed by atoms with Gasteiger partial charge in [-0.2, -0.15) is 0 Å². The van der Waals surface area contributed by atoms with Crippen LogP contribution in [0.2, 0.25) is 0 Å². The van der Waals surface area contributed by atoms with Crippen LogP contribution in [0.3, 0.4) is 0 Å². The summed E-state index contributed by atoms with van der Waals surface area (Å²) in [7, 11) is 1.54. The van der Waals surface area contributed by atoms with Gasteiger partial charge in [-0.1, -0.05) is 28.1 Å². The molecule has 2 aromatic carbocycles. The van der Waals surface area contributed by atoms with Crippen molar-refractivity contribution in [3.63, 3.8) is 0 Å². The number of benzene rings is 2. The monoisotopic (exact) mass is 342 g/mol. The molecule has 2 rings (SSSR count). The Morgan fingerprint density at radius 2 is 1.90 bits per heavy atom. The van der Waals surface area contributed by atoms with E-state index in [9.17, 15) is 8.78 Å². The zero-order valence-electron chi connectivity index (χ0n) is 10.8. The summed E-state index contributed by atoms with van der Waals surface area (Å²) in [6.07, 6.45) is 0. The first kappa shape index (κ1) is 14.8. The summed E-state index contributed by atoms with van der Waals surface area (Å²) in [4.78, 5) is 0. The Kier molecular flexibility index (Phi) is 4.95. The minimum Gasteiger partial charge on any atom is -0.493 e. The fourth-order valence-corrected chi connectivity index (χ4v) is 2.22. The molecule has 0 spiro atoms. The summed E-state index contributed by atoms with van der Waals surface area (Å²) in [5.74, 6) is -0.106. The molecule has 0 aliphatic carbocycles. The van der Waals surface area contributed by atoms with Gasteiger partial charge < -0.3 is 9.47 Å². The number of ether oxygens (including phenoxy) is 2. The average molecular weight is 343 g/mol. The lowest BCUT2D eigenvalue weighted by Crippen LogP contribution is -2.02. The Hall–Kier alpha value is -1.62. The smallest absolute Gasteiger partial charge is 0.165 e. The van der Waals surface area contributed by atoms with Gasteiger partial charge in [0.15, 0.2) is 11.5 Å². The van der Waals surface area contributed by atoms with E-state index in [1.807, 2.05) is 12.1 Å². The van der Waals surface area contributed by atoms with E-state index in [4.69, 9.17) is 9.47 Å². The molecule has 0 aliphatic rings. The molecule has 0 amide bonds. The molecule has 0 saturated heterocycles. The maximum atomic E-state index is 13.6. The zero-order valence-corrected chi connectivity index (χ0v) is 12.4. The zero-order chi connectivity index (χ0) is 14.5. The van der Waals surface area contributed by atoms with Crippen LogP contribution in [0.25, 0.3) is 0 Å². The van der Waals surface area contributed by atoms with Gasteiger partial charge in [-0.3, -0.25) is 0 Å². The Labute approximate surface area is 124 Å². The molecule has 0 saturated carbocycles. The maximum Gasteiger partial charge on any atom is 0.165 e. The molecule has 0 bridgehead atoms. The van der Waals surface area contributed by atoms with Crippen molar-refractivity contribution in [3.8, 4) is 11.5 Å². The highest BCUT2D eigenvalue weighted by Gasteiger charge is 2.11. The number of para-hydroxylation sites is 1. The van der Waals surface area contributed by atoms with Crippen molar-refractivity contribution in [2.75, 3.05) is 7.11 Å². The maximum absolute atomic E-state index is 13.6. The van der Waals surface area contributed by atoms with Gasteiger partial charge in [0, 0.05) is 22.5 Å². The highest BCUT2D eigenvalue weighted by atomic mass is 79.9. The van der Waals surface area contributed by atoms with Gasteiger partial charge in [0.2, 0.25) is 0 Å². The van der Waals surface area contributed by atoms with Crippen molar-refractivity contribution >= 4 is 15.9 Å². The molecular formula is C15H13BrF2O2. The van der Waals surface area contributed by atoms with Crippen molar-refractivity contribution in [1.29, 1.82) is 0 Å². The number of methoxy groups -OCH3 is 1. The second kappa shape index (κ2) is 6.70. The summed E-state index contributed by atoms with van der Waals surface area (Å²) >= 11 is 3.36. The fraction of sp³-hybridized carbons (Fsp3) is 0.200. The number of halogens is 3. The third-order valence-electron chi connectivity index (χ3n) is 2.81. The van der Waals surface area contributed by atoms with E-state index in [1.165, 1.54) is 12.1 Å². The van der Waals surface area contributed by atoms with Crippen LogP contribution < -0.4 is 9.47 Å². The van der Waals surface area contributed by atoms with Crippen LogP contribution in [0, 0.1) is 11.6 Å². The summed E-state index contributed by atoms with van der Waals surface area (Å²) < 4.78 is 37.3. The molecular weight excluding hydrogens is 330 g/mol. The van der Waals surface area contributed by atoms with Crippen LogP contribution in [0.1, 0.15) is 11.1 Å². The second-order valence-electron chi connectivity index (χ2n) is 4.11. The normalized spacial score (nSPS) is 10.4. The first-order valence-corrected chi connectivity index (χ1v) is 7.06. The Morgan fingerprint density at radius 3 is 2.55 bits per heavy atom. The van der Waals surface area contributed by atoms with Crippen molar-refractivity contribution in [1.82, 2.24) is 0 Å². The van der Waals surface area contributed by atoms with Gasteiger partial charge in [0.25, 0.3) is 0 Å². The van der Waals surface area contributed by atoms with Crippen LogP contribution in [0.5, 0.6) is 11.5 Å². The van der Waals surface area contributed by atoms with Gasteiger partial charge in [-0.05, 0) is 18.2 Å². The molecule has 106 valence electrons. The van der Waals surface area contributed by atoms with Crippen molar-refractivity contribution in [2.24, 2.45) is 0 Å². The molecule has 0 N–H and O–H groups in total. The van der Waals surface area contributed by atoms with Crippen LogP contribution >= 0.6 is 15.9 Å². The van der Waals surface area contributed by atoms with E-state index >= 15 is 0 Å². The Bertz CT molecular complexity index is 580. The molecule has 0 aliphatic heterocycles. The van der Waals surface area contributed by atoms with E-state index in [2.05, 4.69) is 15.9 Å². The summed E-state index contributed by atoms with van der Waals surface area (Å²) in [5, 5.41) is 0.589. The summed E-state index contributed by atoms with van der Waals surface area (Å²) in [6.45, 7) is 0.00644. The Balaban J connectivity index is 2.22. The van der Waals surface area contributed by atoms with E-state index in [0.29, 0.717) is 16.8 Å². The second-order valence-corrected chi connectivity index (χ2v) is 4.67. The van der Waals surface area contributed by atoms with Crippen molar-refractivity contribution in [3.05, 3.63) is 59.2 Å². The van der Waals surface area contributed by atoms with E-state index in [0.717, 1.165) is 11.6 Å². The quantitative estimate of drug-likeness (QED) is 0.747. The van der Waals surface area contributed by atoms with Gasteiger partial charge in [0.05, 0.1) is 7.11 Å². The lowest BCUT2D eigenvalue weighted by molar-refractivity contribution is 0.277. The predicted octanol–water partition coefficient (Wildman–Crippen LogP) is 4.45. The molecule has 0 fully saturated rings. The van der Waals surface area contributed by atoms with Gasteiger partial charge >= 0.3 is 0 Å². The molecule has 0 unspecified atom stereocenters. The average Bonchev–Trinajstić information content (AvgIpc) is 2.46. The third-order valence-corrected chi connectivity index (χ3v) is 3.42. The van der Waals surface area contributed by atoms with Crippen molar-refractivity contribution in [2.45, 2.75) is 11.9 Å². The van der Waals surface area contributed by atoms with Crippen LogP contribution in [-0.4, -0.2) is 7.11 Å². The van der Waals surface area contributed by atoms with Gasteiger partial charge in [0.1, 0.15) is 18.2 Å². The molecule has 2 aromatic rings. The molecule has 0 atom stereocenters. The number of rotatable bonds is 5. The number of hydrogen-bond acceptors (Lipinski definition) is 2. The van der Waals surface area contributed by atoms with E-state index < -0.39 is 11.6 Å². The molecule has 2 nitrogen and oxygen atoms in total. The van der Waals surface area contributed by atoms with Crippen molar-refractivity contribution < 1.29 is 18.3 Å². The fourth-order valence-electron chi connectivity index (χ4n) is 1.78. The third kappa shape index (κ3) is 3.28.